The normalized spacial score (nSPS) is 19.0. The van der Waals surface area contributed by atoms with Gasteiger partial charge in [0.25, 0.3) is 0 Å². The predicted molar refractivity (Wildman–Crippen MR) is 120 cm³/mol. The van der Waals surface area contributed by atoms with Crippen molar-refractivity contribution in [2.75, 3.05) is 0 Å². The van der Waals surface area contributed by atoms with Gasteiger partial charge in [0.1, 0.15) is 17.9 Å². The fraction of sp³-hybridized carbons (Fsp3) is 0.217. The van der Waals surface area contributed by atoms with Crippen LogP contribution in [0.15, 0.2) is 78.3 Å². The summed E-state index contributed by atoms with van der Waals surface area (Å²) in [5.74, 6) is 0.546. The third-order valence-corrected chi connectivity index (χ3v) is 7.10. The van der Waals surface area contributed by atoms with Gasteiger partial charge >= 0.3 is 0 Å². The highest BCUT2D eigenvalue weighted by Gasteiger charge is 2.36. The van der Waals surface area contributed by atoms with E-state index < -0.39 is 8.24 Å². The number of hydrogen-bond donors (Lipinski definition) is 0. The van der Waals surface area contributed by atoms with E-state index in [4.69, 9.17) is 9.73 Å². The molecule has 5 rings (SSSR count). The SMILES string of the molecule is C[Si](C)(C)n1cnc2ncnc(C3=NC(c4ccccc4)C(c4ccccc4)O3)c21. The fourth-order valence-corrected chi connectivity index (χ4v) is 5.12. The van der Waals surface area contributed by atoms with E-state index in [-0.39, 0.29) is 12.1 Å². The lowest BCUT2D eigenvalue weighted by Crippen LogP contribution is -2.32. The zero-order valence-electron chi connectivity index (χ0n) is 17.2. The number of nitrogens with zero attached hydrogens (tertiary/aromatic N) is 5. The van der Waals surface area contributed by atoms with E-state index in [0.717, 1.165) is 16.6 Å². The van der Waals surface area contributed by atoms with Gasteiger partial charge in [-0.1, -0.05) is 80.3 Å². The molecule has 2 atom stereocenters. The van der Waals surface area contributed by atoms with Crippen LogP contribution in [0.1, 0.15) is 29.0 Å². The second kappa shape index (κ2) is 7.18. The summed E-state index contributed by atoms with van der Waals surface area (Å²) in [6, 6.07) is 20.4. The van der Waals surface area contributed by atoms with E-state index in [1.807, 2.05) is 42.7 Å². The van der Waals surface area contributed by atoms with Crippen LogP contribution in [0.25, 0.3) is 11.2 Å². The van der Waals surface area contributed by atoms with Crippen molar-refractivity contribution in [1.29, 1.82) is 0 Å². The zero-order valence-corrected chi connectivity index (χ0v) is 18.2. The van der Waals surface area contributed by atoms with Gasteiger partial charge in [0.15, 0.2) is 25.7 Å². The van der Waals surface area contributed by atoms with Crippen LogP contribution in [0.3, 0.4) is 0 Å². The Morgan fingerprint density at radius 1 is 0.833 bits per heavy atom. The third-order valence-electron chi connectivity index (χ3n) is 5.32. The third kappa shape index (κ3) is 3.21. The lowest BCUT2D eigenvalue weighted by atomic mass is 9.97. The number of aromatic nitrogens is 4. The summed E-state index contributed by atoms with van der Waals surface area (Å²) in [5.41, 5.74) is 4.49. The number of benzene rings is 2. The molecule has 0 N–H and O–H groups in total. The van der Waals surface area contributed by atoms with E-state index in [9.17, 15) is 0 Å². The van der Waals surface area contributed by atoms with E-state index in [1.165, 1.54) is 0 Å². The summed E-state index contributed by atoms with van der Waals surface area (Å²) in [6.45, 7) is 6.80. The predicted octanol–water partition coefficient (Wildman–Crippen LogP) is 4.77. The molecule has 30 heavy (non-hydrogen) atoms. The molecule has 3 heterocycles. The molecule has 4 aromatic rings. The number of imidazole rings is 1. The van der Waals surface area contributed by atoms with Crippen molar-refractivity contribution in [3.8, 4) is 0 Å². The Bertz CT molecular complexity index is 1210. The molecule has 0 aliphatic carbocycles. The van der Waals surface area contributed by atoms with Crippen LogP contribution in [-0.4, -0.2) is 33.3 Å². The molecule has 0 fully saturated rings. The highest BCUT2D eigenvalue weighted by Crippen LogP contribution is 2.41. The van der Waals surface area contributed by atoms with Gasteiger partial charge in [0, 0.05) is 0 Å². The molecule has 2 aromatic heterocycles. The molecule has 0 bridgehead atoms. The maximum Gasteiger partial charge on any atom is 0.239 e. The molecule has 7 heteroatoms. The van der Waals surface area contributed by atoms with Crippen LogP contribution in [0, 0.1) is 0 Å². The highest BCUT2D eigenvalue weighted by molar-refractivity contribution is 6.75. The van der Waals surface area contributed by atoms with Crippen molar-refractivity contribution >= 4 is 25.3 Å². The summed E-state index contributed by atoms with van der Waals surface area (Å²) in [6.07, 6.45) is 3.20. The van der Waals surface area contributed by atoms with Crippen molar-refractivity contribution in [1.82, 2.24) is 19.2 Å². The summed E-state index contributed by atoms with van der Waals surface area (Å²) in [5, 5.41) is 0. The van der Waals surface area contributed by atoms with Gasteiger partial charge in [0.2, 0.25) is 5.90 Å². The van der Waals surface area contributed by atoms with Gasteiger partial charge in [-0.25, -0.2) is 19.9 Å². The first-order valence-corrected chi connectivity index (χ1v) is 13.5. The minimum atomic E-state index is -1.73. The maximum absolute atomic E-state index is 6.48. The van der Waals surface area contributed by atoms with Crippen LogP contribution >= 0.6 is 0 Å². The van der Waals surface area contributed by atoms with E-state index in [2.05, 4.69) is 63.1 Å². The first-order chi connectivity index (χ1) is 14.5. The summed E-state index contributed by atoms with van der Waals surface area (Å²) < 4.78 is 8.70. The molecule has 0 saturated carbocycles. The van der Waals surface area contributed by atoms with Crippen molar-refractivity contribution in [3.63, 3.8) is 0 Å². The Kier molecular flexibility index (Phi) is 4.47. The second-order valence-electron chi connectivity index (χ2n) is 8.42. The van der Waals surface area contributed by atoms with E-state index in [0.29, 0.717) is 17.2 Å². The van der Waals surface area contributed by atoms with Crippen LogP contribution in [0.5, 0.6) is 0 Å². The first-order valence-electron chi connectivity index (χ1n) is 10.1. The molecule has 1 aliphatic rings. The van der Waals surface area contributed by atoms with Crippen molar-refractivity contribution in [2.45, 2.75) is 31.8 Å². The Labute approximate surface area is 176 Å². The van der Waals surface area contributed by atoms with Crippen LogP contribution in [0.4, 0.5) is 0 Å². The van der Waals surface area contributed by atoms with E-state index >= 15 is 0 Å². The molecule has 1 aliphatic heterocycles. The van der Waals surface area contributed by atoms with Gasteiger partial charge in [-0.3, -0.25) is 0 Å². The molecule has 0 radical (unpaired) electrons. The maximum atomic E-state index is 6.48. The lowest BCUT2D eigenvalue weighted by Gasteiger charge is -2.20. The zero-order chi connectivity index (χ0) is 20.7. The summed E-state index contributed by atoms with van der Waals surface area (Å²) in [7, 11) is -1.73. The number of aliphatic imine (C=N–C) groups is 1. The minimum absolute atomic E-state index is 0.142. The van der Waals surface area contributed by atoms with Crippen molar-refractivity contribution < 1.29 is 4.74 Å². The Hall–Kier alpha value is -3.32. The molecule has 150 valence electrons. The number of hydrogen-bond acceptors (Lipinski definition) is 5. The average Bonchev–Trinajstić information content (AvgIpc) is 3.40. The van der Waals surface area contributed by atoms with Crippen LogP contribution < -0.4 is 0 Å². The second-order valence-corrected chi connectivity index (χ2v) is 13.2. The van der Waals surface area contributed by atoms with Gasteiger partial charge in [-0.05, 0) is 11.1 Å². The summed E-state index contributed by atoms with van der Waals surface area (Å²) >= 11 is 0. The van der Waals surface area contributed by atoms with Gasteiger partial charge in [0.05, 0.1) is 6.33 Å². The standard InChI is InChI=1S/C23H23N5OSi/c1-30(2,3)28-15-26-22-20(28)19(24-14-25-22)23-27-18(16-10-6-4-7-11-16)21(29-23)17-12-8-5-9-13-17/h4-15,18,21H,1-3H3. The summed E-state index contributed by atoms with van der Waals surface area (Å²) in [4.78, 5) is 18.5. The lowest BCUT2D eigenvalue weighted by molar-refractivity contribution is 0.196. The van der Waals surface area contributed by atoms with Gasteiger partial charge in [-0.2, -0.15) is 0 Å². The molecule has 0 saturated heterocycles. The highest BCUT2D eigenvalue weighted by atomic mass is 28.3. The monoisotopic (exact) mass is 413 g/mol. The number of fused-ring (bicyclic) bond motifs is 1. The molecule has 0 amide bonds. The van der Waals surface area contributed by atoms with Gasteiger partial charge < -0.3 is 8.97 Å². The Balaban J connectivity index is 1.66. The average molecular weight is 414 g/mol. The van der Waals surface area contributed by atoms with Crippen LogP contribution in [0.2, 0.25) is 19.6 Å². The molecule has 6 nitrogen and oxygen atoms in total. The quantitative estimate of drug-likeness (QED) is 0.452. The molecule has 2 unspecified atom stereocenters. The van der Waals surface area contributed by atoms with Crippen LogP contribution in [-0.2, 0) is 4.74 Å². The molecular weight excluding hydrogens is 390 g/mol. The number of ether oxygens (including phenoxy) is 1. The molecule has 0 spiro atoms. The molecule has 2 aromatic carbocycles. The fourth-order valence-electron chi connectivity index (χ4n) is 3.84. The Morgan fingerprint density at radius 2 is 1.50 bits per heavy atom. The van der Waals surface area contributed by atoms with Gasteiger partial charge in [-0.15, -0.1) is 0 Å². The number of rotatable bonds is 4. The smallest absolute Gasteiger partial charge is 0.239 e. The molecular formula is C23H23N5OSi. The van der Waals surface area contributed by atoms with E-state index in [1.54, 1.807) is 6.33 Å². The topological polar surface area (TPSA) is 65.2 Å². The first kappa shape index (κ1) is 18.7. The largest absolute Gasteiger partial charge is 0.465 e. The van der Waals surface area contributed by atoms with Crippen molar-refractivity contribution in [2.24, 2.45) is 4.99 Å². The van der Waals surface area contributed by atoms with Crippen molar-refractivity contribution in [3.05, 3.63) is 90.1 Å². The minimum Gasteiger partial charge on any atom is -0.465 e. The Morgan fingerprint density at radius 3 is 2.17 bits per heavy atom.